The number of anilines is 2. The smallest absolute Gasteiger partial charge is 0.265 e. The number of rotatable bonds is 6. The number of carbonyl (C=O) groups is 2. The molecular formula is C23H21ClN2O3. The van der Waals surface area contributed by atoms with Gasteiger partial charge in [-0.2, -0.15) is 0 Å². The maximum absolute atomic E-state index is 12.3. The van der Waals surface area contributed by atoms with Gasteiger partial charge in [0.15, 0.2) is 6.10 Å². The number of benzene rings is 3. The Morgan fingerprint density at radius 1 is 0.828 bits per heavy atom. The molecule has 5 nitrogen and oxygen atoms in total. The van der Waals surface area contributed by atoms with Gasteiger partial charge in [0.1, 0.15) is 5.75 Å². The van der Waals surface area contributed by atoms with Crippen molar-refractivity contribution < 1.29 is 14.3 Å². The van der Waals surface area contributed by atoms with Crippen molar-refractivity contribution in [3.63, 3.8) is 0 Å². The first-order valence-corrected chi connectivity index (χ1v) is 9.50. The fourth-order valence-corrected chi connectivity index (χ4v) is 2.69. The van der Waals surface area contributed by atoms with Crippen molar-refractivity contribution in [1.29, 1.82) is 0 Å². The van der Waals surface area contributed by atoms with E-state index in [-0.39, 0.29) is 11.8 Å². The quantitative estimate of drug-likeness (QED) is 0.581. The number of ether oxygens (including phenoxy) is 1. The molecule has 0 aliphatic rings. The lowest BCUT2D eigenvalue weighted by Gasteiger charge is -2.15. The van der Waals surface area contributed by atoms with E-state index in [4.69, 9.17) is 16.3 Å². The van der Waals surface area contributed by atoms with E-state index in [1.54, 1.807) is 55.5 Å². The van der Waals surface area contributed by atoms with E-state index >= 15 is 0 Å². The summed E-state index contributed by atoms with van der Waals surface area (Å²) in [5.41, 5.74) is 2.96. The third-order valence-corrected chi connectivity index (χ3v) is 4.47. The summed E-state index contributed by atoms with van der Waals surface area (Å²) in [7, 11) is 0. The fraction of sp³-hybridized carbons (Fsp3) is 0.130. The zero-order valence-electron chi connectivity index (χ0n) is 16.1. The zero-order chi connectivity index (χ0) is 20.8. The van der Waals surface area contributed by atoms with Gasteiger partial charge in [-0.25, -0.2) is 0 Å². The third-order valence-electron chi connectivity index (χ3n) is 4.22. The van der Waals surface area contributed by atoms with Gasteiger partial charge < -0.3 is 15.4 Å². The summed E-state index contributed by atoms with van der Waals surface area (Å²) in [6, 6.07) is 21.0. The molecule has 29 heavy (non-hydrogen) atoms. The summed E-state index contributed by atoms with van der Waals surface area (Å²) < 4.78 is 5.68. The van der Waals surface area contributed by atoms with Crippen LogP contribution >= 0.6 is 11.6 Å². The van der Waals surface area contributed by atoms with Crippen LogP contribution in [-0.2, 0) is 4.79 Å². The summed E-state index contributed by atoms with van der Waals surface area (Å²) in [5, 5.41) is 6.21. The molecule has 0 unspecified atom stereocenters. The molecule has 3 aromatic rings. The number of amides is 2. The molecule has 0 aliphatic heterocycles. The molecule has 0 heterocycles. The number of aryl methyl sites for hydroxylation is 1. The highest BCUT2D eigenvalue weighted by Crippen LogP contribution is 2.18. The molecule has 0 aliphatic carbocycles. The number of hydrogen-bond acceptors (Lipinski definition) is 3. The molecular weight excluding hydrogens is 388 g/mol. The Labute approximate surface area is 174 Å². The SMILES string of the molecule is Cc1ccc(NC(=O)[C@H](C)Oc2ccc(C(=O)Nc3ccc(Cl)cc3)cc2)cc1. The van der Waals surface area contributed by atoms with Crippen LogP contribution in [0.2, 0.25) is 5.02 Å². The lowest BCUT2D eigenvalue weighted by molar-refractivity contribution is -0.122. The topological polar surface area (TPSA) is 67.4 Å². The molecule has 2 N–H and O–H groups in total. The van der Waals surface area contributed by atoms with Crippen molar-refractivity contribution >= 4 is 34.8 Å². The Morgan fingerprint density at radius 3 is 2.00 bits per heavy atom. The second-order valence-electron chi connectivity index (χ2n) is 6.60. The van der Waals surface area contributed by atoms with Gasteiger partial charge in [0.2, 0.25) is 0 Å². The summed E-state index contributed by atoms with van der Waals surface area (Å²) in [5.74, 6) is 0.00189. The minimum absolute atomic E-state index is 0.246. The van der Waals surface area contributed by atoms with Crippen LogP contribution in [0.15, 0.2) is 72.8 Å². The highest BCUT2D eigenvalue weighted by molar-refractivity contribution is 6.30. The Hall–Kier alpha value is -3.31. The summed E-state index contributed by atoms with van der Waals surface area (Å²) >= 11 is 5.84. The maximum Gasteiger partial charge on any atom is 0.265 e. The first-order valence-electron chi connectivity index (χ1n) is 9.12. The van der Waals surface area contributed by atoms with E-state index in [1.807, 2.05) is 31.2 Å². The van der Waals surface area contributed by atoms with E-state index in [9.17, 15) is 9.59 Å². The van der Waals surface area contributed by atoms with Crippen molar-refractivity contribution in [2.75, 3.05) is 10.6 Å². The summed E-state index contributed by atoms with van der Waals surface area (Å²) in [4.78, 5) is 24.6. The van der Waals surface area contributed by atoms with Gasteiger partial charge in [-0.1, -0.05) is 29.3 Å². The molecule has 0 spiro atoms. The third kappa shape index (κ3) is 5.83. The van der Waals surface area contributed by atoms with E-state index in [0.29, 0.717) is 27.7 Å². The van der Waals surface area contributed by atoms with Gasteiger partial charge in [0.25, 0.3) is 11.8 Å². The molecule has 148 valence electrons. The Morgan fingerprint density at radius 2 is 1.38 bits per heavy atom. The number of halogens is 1. The van der Waals surface area contributed by atoms with Crippen LogP contribution in [0.3, 0.4) is 0 Å². The van der Waals surface area contributed by atoms with Crippen LogP contribution in [-0.4, -0.2) is 17.9 Å². The molecule has 0 saturated carbocycles. The van der Waals surface area contributed by atoms with E-state index in [1.165, 1.54) is 0 Å². The molecule has 3 rings (SSSR count). The minimum Gasteiger partial charge on any atom is -0.481 e. The lowest BCUT2D eigenvalue weighted by atomic mass is 10.2. The molecule has 0 saturated heterocycles. The van der Waals surface area contributed by atoms with Crippen molar-refractivity contribution in [3.8, 4) is 5.75 Å². The summed E-state index contributed by atoms with van der Waals surface area (Å²) in [6.07, 6.45) is -0.690. The molecule has 1 atom stereocenters. The molecule has 0 fully saturated rings. The number of hydrogen-bond donors (Lipinski definition) is 2. The van der Waals surface area contributed by atoms with Crippen LogP contribution in [0.25, 0.3) is 0 Å². The highest BCUT2D eigenvalue weighted by Gasteiger charge is 2.15. The van der Waals surface area contributed by atoms with Crippen molar-refractivity contribution in [3.05, 3.63) is 88.9 Å². The van der Waals surface area contributed by atoms with Crippen molar-refractivity contribution in [1.82, 2.24) is 0 Å². The molecule has 2 amide bonds. The molecule has 0 aromatic heterocycles. The van der Waals surface area contributed by atoms with E-state index < -0.39 is 6.10 Å². The maximum atomic E-state index is 12.3. The van der Waals surface area contributed by atoms with Gasteiger partial charge >= 0.3 is 0 Å². The van der Waals surface area contributed by atoms with Gasteiger partial charge in [0.05, 0.1) is 0 Å². The van der Waals surface area contributed by atoms with Crippen molar-refractivity contribution in [2.45, 2.75) is 20.0 Å². The molecule has 0 bridgehead atoms. The fourth-order valence-electron chi connectivity index (χ4n) is 2.56. The minimum atomic E-state index is -0.690. The Bertz CT molecular complexity index is 984. The van der Waals surface area contributed by atoms with Crippen LogP contribution < -0.4 is 15.4 Å². The molecule has 3 aromatic carbocycles. The molecule has 6 heteroatoms. The second kappa shape index (κ2) is 9.26. The lowest BCUT2D eigenvalue weighted by Crippen LogP contribution is -2.30. The van der Waals surface area contributed by atoms with Crippen LogP contribution in [0, 0.1) is 6.92 Å². The Kier molecular flexibility index (Phi) is 6.52. The second-order valence-corrected chi connectivity index (χ2v) is 7.04. The van der Waals surface area contributed by atoms with Gasteiger partial charge in [-0.05, 0) is 74.5 Å². The highest BCUT2D eigenvalue weighted by atomic mass is 35.5. The van der Waals surface area contributed by atoms with Crippen LogP contribution in [0.5, 0.6) is 5.75 Å². The van der Waals surface area contributed by atoms with Crippen LogP contribution in [0.1, 0.15) is 22.8 Å². The largest absolute Gasteiger partial charge is 0.481 e. The average Bonchev–Trinajstić information content (AvgIpc) is 2.72. The zero-order valence-corrected chi connectivity index (χ0v) is 16.9. The van der Waals surface area contributed by atoms with Gasteiger partial charge in [-0.3, -0.25) is 9.59 Å². The first-order chi connectivity index (χ1) is 13.9. The van der Waals surface area contributed by atoms with Crippen molar-refractivity contribution in [2.24, 2.45) is 0 Å². The van der Waals surface area contributed by atoms with Gasteiger partial charge in [0, 0.05) is 22.0 Å². The van der Waals surface area contributed by atoms with E-state index in [0.717, 1.165) is 5.56 Å². The van der Waals surface area contributed by atoms with E-state index in [2.05, 4.69) is 10.6 Å². The monoisotopic (exact) mass is 408 g/mol. The molecule has 0 radical (unpaired) electrons. The normalized spacial score (nSPS) is 11.4. The first kappa shape index (κ1) is 20.4. The number of carbonyl (C=O) groups excluding carboxylic acids is 2. The van der Waals surface area contributed by atoms with Crippen LogP contribution in [0.4, 0.5) is 11.4 Å². The average molecular weight is 409 g/mol. The standard InChI is InChI=1S/C23H21ClN2O3/c1-15-3-9-19(10-4-15)25-22(27)16(2)29-21-13-5-17(6-14-21)23(28)26-20-11-7-18(24)8-12-20/h3-14,16H,1-2H3,(H,25,27)(H,26,28)/t16-/m0/s1. The predicted octanol–water partition coefficient (Wildman–Crippen LogP) is 5.31. The summed E-state index contributed by atoms with van der Waals surface area (Å²) in [6.45, 7) is 3.65. The van der Waals surface area contributed by atoms with Gasteiger partial charge in [-0.15, -0.1) is 0 Å². The number of nitrogens with one attached hydrogen (secondary N) is 2. The predicted molar refractivity (Wildman–Crippen MR) is 116 cm³/mol. The Balaban J connectivity index is 1.56.